The number of benzene rings is 1. The quantitative estimate of drug-likeness (QED) is 0.651. The van der Waals surface area contributed by atoms with Crippen molar-refractivity contribution in [2.45, 2.75) is 6.92 Å². The molecule has 2 aromatic heterocycles. The topological polar surface area (TPSA) is 47.3 Å². The zero-order chi connectivity index (χ0) is 12.5. The molecule has 0 amide bonds. The number of hydrogen-bond donors (Lipinski definition) is 0. The Balaban J connectivity index is 2.32. The number of fused-ring (bicyclic) bond motifs is 1. The zero-order valence-corrected chi connectivity index (χ0v) is 9.87. The van der Waals surface area contributed by atoms with Crippen LogP contribution in [0.4, 0.5) is 0 Å². The van der Waals surface area contributed by atoms with Gasteiger partial charge in [-0.15, -0.1) is 0 Å². The number of pyridine rings is 1. The molecule has 3 aromatic rings. The molecule has 0 aliphatic carbocycles. The molecular weight excluding hydrogens is 226 g/mol. The standard InChI is InChI=1S/C14H11N3O/c1-10-6-2-3-7-11(10)13-15-12-8-4-5-9-17(12)14(18)16-13/h2-9H,1H3. The van der Waals surface area contributed by atoms with E-state index in [0.29, 0.717) is 11.5 Å². The SMILES string of the molecule is Cc1ccccc1-c1nc(=O)n2ccccc2n1. The Morgan fingerprint density at radius 2 is 1.78 bits per heavy atom. The average molecular weight is 237 g/mol. The van der Waals surface area contributed by atoms with Gasteiger partial charge in [0.05, 0.1) is 0 Å². The summed E-state index contributed by atoms with van der Waals surface area (Å²) >= 11 is 0. The summed E-state index contributed by atoms with van der Waals surface area (Å²) in [5, 5.41) is 0. The highest BCUT2D eigenvalue weighted by molar-refractivity contribution is 5.61. The van der Waals surface area contributed by atoms with Gasteiger partial charge < -0.3 is 0 Å². The molecule has 0 saturated heterocycles. The fourth-order valence-electron chi connectivity index (χ4n) is 1.91. The molecule has 4 nitrogen and oxygen atoms in total. The van der Waals surface area contributed by atoms with Crippen LogP contribution in [0, 0.1) is 6.92 Å². The Hall–Kier alpha value is -2.49. The van der Waals surface area contributed by atoms with E-state index in [2.05, 4.69) is 9.97 Å². The summed E-state index contributed by atoms with van der Waals surface area (Å²) < 4.78 is 1.43. The van der Waals surface area contributed by atoms with Gasteiger partial charge in [0.2, 0.25) is 0 Å². The third kappa shape index (κ3) is 1.68. The molecule has 2 heterocycles. The van der Waals surface area contributed by atoms with Gasteiger partial charge in [0, 0.05) is 11.8 Å². The van der Waals surface area contributed by atoms with Crippen molar-refractivity contribution in [2.75, 3.05) is 0 Å². The van der Waals surface area contributed by atoms with Gasteiger partial charge in [-0.1, -0.05) is 30.3 Å². The number of aryl methyl sites for hydroxylation is 1. The Labute approximate surface area is 104 Å². The molecule has 0 bridgehead atoms. The lowest BCUT2D eigenvalue weighted by Gasteiger charge is -2.05. The van der Waals surface area contributed by atoms with Crippen LogP contribution < -0.4 is 5.69 Å². The lowest BCUT2D eigenvalue weighted by molar-refractivity contribution is 0.947. The fraction of sp³-hybridized carbons (Fsp3) is 0.0714. The van der Waals surface area contributed by atoms with Crippen LogP contribution in [0.5, 0.6) is 0 Å². The molecule has 3 rings (SSSR count). The van der Waals surface area contributed by atoms with Gasteiger partial charge in [0.1, 0.15) is 5.65 Å². The van der Waals surface area contributed by atoms with Crippen molar-refractivity contribution < 1.29 is 0 Å². The summed E-state index contributed by atoms with van der Waals surface area (Å²) in [5.41, 5.74) is 2.24. The van der Waals surface area contributed by atoms with Crippen LogP contribution in [-0.2, 0) is 0 Å². The third-order valence-electron chi connectivity index (χ3n) is 2.85. The van der Waals surface area contributed by atoms with E-state index in [1.165, 1.54) is 4.40 Å². The Morgan fingerprint density at radius 1 is 1.00 bits per heavy atom. The Morgan fingerprint density at radius 3 is 2.61 bits per heavy atom. The Kier molecular flexibility index (Phi) is 2.41. The van der Waals surface area contributed by atoms with E-state index in [1.54, 1.807) is 18.3 Å². The van der Waals surface area contributed by atoms with Crippen molar-refractivity contribution in [3.05, 3.63) is 64.7 Å². The summed E-state index contributed by atoms with van der Waals surface area (Å²) in [7, 11) is 0. The average Bonchev–Trinajstić information content (AvgIpc) is 2.39. The first kappa shape index (κ1) is 10.7. The second-order valence-corrected chi connectivity index (χ2v) is 4.07. The molecule has 0 aliphatic heterocycles. The van der Waals surface area contributed by atoms with Crippen LogP contribution in [0.3, 0.4) is 0 Å². The van der Waals surface area contributed by atoms with E-state index in [1.807, 2.05) is 37.3 Å². The van der Waals surface area contributed by atoms with Crippen LogP contribution in [0.25, 0.3) is 17.0 Å². The van der Waals surface area contributed by atoms with Gasteiger partial charge in [0.15, 0.2) is 5.82 Å². The molecule has 0 spiro atoms. The lowest BCUT2D eigenvalue weighted by atomic mass is 10.1. The van der Waals surface area contributed by atoms with Crippen molar-refractivity contribution >= 4 is 5.65 Å². The van der Waals surface area contributed by atoms with Crippen LogP contribution in [0.1, 0.15) is 5.56 Å². The summed E-state index contributed by atoms with van der Waals surface area (Å²) in [6, 6.07) is 13.2. The van der Waals surface area contributed by atoms with Crippen LogP contribution >= 0.6 is 0 Å². The second-order valence-electron chi connectivity index (χ2n) is 4.07. The number of hydrogen-bond acceptors (Lipinski definition) is 3. The molecule has 88 valence electrons. The molecular formula is C14H11N3O. The van der Waals surface area contributed by atoms with Gasteiger partial charge >= 0.3 is 5.69 Å². The normalized spacial score (nSPS) is 10.7. The first-order chi connectivity index (χ1) is 8.75. The lowest BCUT2D eigenvalue weighted by Crippen LogP contribution is -2.19. The summed E-state index contributed by atoms with van der Waals surface area (Å²) in [6.07, 6.45) is 1.67. The monoisotopic (exact) mass is 237 g/mol. The molecule has 0 fully saturated rings. The molecule has 0 radical (unpaired) electrons. The predicted octanol–water partition coefficient (Wildman–Crippen LogP) is 2.06. The van der Waals surface area contributed by atoms with Crippen LogP contribution in [-0.4, -0.2) is 14.4 Å². The van der Waals surface area contributed by atoms with Crippen LogP contribution in [0.15, 0.2) is 53.5 Å². The van der Waals surface area contributed by atoms with Crippen molar-refractivity contribution in [1.29, 1.82) is 0 Å². The maximum Gasteiger partial charge on any atom is 0.355 e. The summed E-state index contributed by atoms with van der Waals surface area (Å²) in [6.45, 7) is 1.98. The van der Waals surface area contributed by atoms with Gasteiger partial charge in [-0.2, -0.15) is 4.98 Å². The largest absolute Gasteiger partial charge is 0.355 e. The Bertz CT molecular complexity index is 777. The van der Waals surface area contributed by atoms with Gasteiger partial charge in [-0.25, -0.2) is 9.78 Å². The molecule has 0 atom stereocenters. The fourth-order valence-corrected chi connectivity index (χ4v) is 1.91. The van der Waals surface area contributed by atoms with E-state index in [0.717, 1.165) is 11.1 Å². The van der Waals surface area contributed by atoms with Gasteiger partial charge in [-0.05, 0) is 24.6 Å². The van der Waals surface area contributed by atoms with Gasteiger partial charge in [0.25, 0.3) is 0 Å². The minimum absolute atomic E-state index is 0.307. The highest BCUT2D eigenvalue weighted by Crippen LogP contribution is 2.18. The molecule has 0 N–H and O–H groups in total. The minimum atomic E-state index is -0.307. The van der Waals surface area contributed by atoms with E-state index >= 15 is 0 Å². The van der Waals surface area contributed by atoms with Gasteiger partial charge in [-0.3, -0.25) is 4.40 Å². The maximum absolute atomic E-state index is 11.9. The number of rotatable bonds is 1. The smallest absolute Gasteiger partial charge is 0.251 e. The summed E-state index contributed by atoms with van der Waals surface area (Å²) in [4.78, 5) is 20.3. The number of nitrogens with zero attached hydrogens (tertiary/aromatic N) is 3. The minimum Gasteiger partial charge on any atom is -0.251 e. The van der Waals surface area contributed by atoms with Crippen molar-refractivity contribution in [3.63, 3.8) is 0 Å². The second kappa shape index (κ2) is 4.07. The highest BCUT2D eigenvalue weighted by atomic mass is 16.1. The van der Waals surface area contributed by atoms with Crippen molar-refractivity contribution in [3.8, 4) is 11.4 Å². The van der Waals surface area contributed by atoms with E-state index < -0.39 is 0 Å². The predicted molar refractivity (Wildman–Crippen MR) is 69.4 cm³/mol. The van der Waals surface area contributed by atoms with Crippen molar-refractivity contribution in [1.82, 2.24) is 14.4 Å². The summed E-state index contributed by atoms with van der Waals surface area (Å²) in [5.74, 6) is 0.476. The molecule has 18 heavy (non-hydrogen) atoms. The first-order valence-corrected chi connectivity index (χ1v) is 5.67. The molecule has 4 heteroatoms. The first-order valence-electron chi connectivity index (χ1n) is 5.67. The molecule has 1 aromatic carbocycles. The van der Waals surface area contributed by atoms with Crippen LogP contribution in [0.2, 0.25) is 0 Å². The maximum atomic E-state index is 11.9. The highest BCUT2D eigenvalue weighted by Gasteiger charge is 2.07. The van der Waals surface area contributed by atoms with E-state index in [4.69, 9.17) is 0 Å². The third-order valence-corrected chi connectivity index (χ3v) is 2.85. The molecule has 0 unspecified atom stereocenters. The molecule has 0 saturated carbocycles. The zero-order valence-electron chi connectivity index (χ0n) is 9.87. The number of aromatic nitrogens is 3. The van der Waals surface area contributed by atoms with E-state index in [-0.39, 0.29) is 5.69 Å². The molecule has 0 aliphatic rings. The van der Waals surface area contributed by atoms with Crippen molar-refractivity contribution in [2.24, 2.45) is 0 Å². The van der Waals surface area contributed by atoms with E-state index in [9.17, 15) is 4.79 Å².